The van der Waals surface area contributed by atoms with Crippen LogP contribution in [0.4, 0.5) is 0 Å². The zero-order valence-electron chi connectivity index (χ0n) is 10.5. The molecule has 0 atom stereocenters. The van der Waals surface area contributed by atoms with Crippen molar-refractivity contribution >= 4 is 35.1 Å². The molecule has 19 heavy (non-hydrogen) atoms. The second-order valence-corrected chi connectivity index (χ2v) is 5.07. The molecule has 1 aromatic heterocycles. The van der Waals surface area contributed by atoms with Crippen LogP contribution in [0.15, 0.2) is 27.7 Å². The van der Waals surface area contributed by atoms with Gasteiger partial charge in [0.15, 0.2) is 0 Å². The third kappa shape index (κ3) is 3.99. The first-order chi connectivity index (χ1) is 9.15. The summed E-state index contributed by atoms with van der Waals surface area (Å²) in [4.78, 5) is 24.1. The van der Waals surface area contributed by atoms with E-state index in [1.165, 1.54) is 16.3 Å². The van der Waals surface area contributed by atoms with Gasteiger partial charge in [-0.2, -0.15) is 10.2 Å². The molecule has 1 N–H and O–H groups in total. The number of amides is 2. The molecule has 0 aliphatic carbocycles. The van der Waals surface area contributed by atoms with Gasteiger partial charge in [-0.15, -0.1) is 11.3 Å². The third-order valence-electron chi connectivity index (χ3n) is 2.50. The van der Waals surface area contributed by atoms with E-state index < -0.39 is 0 Å². The van der Waals surface area contributed by atoms with Crippen molar-refractivity contribution in [2.24, 2.45) is 10.2 Å². The van der Waals surface area contributed by atoms with E-state index in [2.05, 4.69) is 15.6 Å². The number of hydrogen-bond donors (Lipinski definition) is 1. The summed E-state index contributed by atoms with van der Waals surface area (Å²) >= 11 is 1.52. The van der Waals surface area contributed by atoms with Gasteiger partial charge in [-0.05, 0) is 24.8 Å². The predicted molar refractivity (Wildman–Crippen MR) is 74.1 cm³/mol. The molecule has 0 saturated heterocycles. The molecule has 2 rings (SSSR count). The van der Waals surface area contributed by atoms with Crippen molar-refractivity contribution in [1.29, 1.82) is 0 Å². The van der Waals surface area contributed by atoms with Crippen LogP contribution in [0, 0.1) is 0 Å². The van der Waals surface area contributed by atoms with Gasteiger partial charge in [0.1, 0.15) is 6.54 Å². The standard InChI is InChI=1S/C12H14N4O2S/c1-9-4-5-12(18)16(15-9)8-11(17)14-13-7-10-3-2-6-19-10/h2-3,6-7H,4-5,8H2,1H3,(H,14,17)/b13-7+. The van der Waals surface area contributed by atoms with Crippen LogP contribution >= 0.6 is 11.3 Å². The minimum atomic E-state index is -0.361. The van der Waals surface area contributed by atoms with E-state index in [4.69, 9.17) is 0 Å². The Morgan fingerprint density at radius 3 is 3.21 bits per heavy atom. The highest BCUT2D eigenvalue weighted by atomic mass is 32.1. The Balaban J connectivity index is 1.84. The lowest BCUT2D eigenvalue weighted by molar-refractivity contribution is -0.136. The lowest BCUT2D eigenvalue weighted by Gasteiger charge is -2.21. The monoisotopic (exact) mass is 278 g/mol. The van der Waals surface area contributed by atoms with Crippen molar-refractivity contribution < 1.29 is 9.59 Å². The van der Waals surface area contributed by atoms with Gasteiger partial charge in [-0.1, -0.05) is 6.07 Å². The number of thiophene rings is 1. The summed E-state index contributed by atoms with van der Waals surface area (Å²) in [6.07, 6.45) is 2.63. The molecule has 1 aromatic rings. The molecule has 0 unspecified atom stereocenters. The topological polar surface area (TPSA) is 74.1 Å². The minimum absolute atomic E-state index is 0.0993. The maximum atomic E-state index is 11.6. The summed E-state index contributed by atoms with van der Waals surface area (Å²) < 4.78 is 0. The molecule has 2 amide bonds. The Morgan fingerprint density at radius 1 is 1.63 bits per heavy atom. The van der Waals surface area contributed by atoms with Crippen molar-refractivity contribution in [3.8, 4) is 0 Å². The normalized spacial score (nSPS) is 15.7. The van der Waals surface area contributed by atoms with Gasteiger partial charge >= 0.3 is 0 Å². The van der Waals surface area contributed by atoms with Gasteiger partial charge in [0, 0.05) is 17.0 Å². The van der Waals surface area contributed by atoms with Crippen LogP contribution in [0.25, 0.3) is 0 Å². The van der Waals surface area contributed by atoms with E-state index in [1.54, 1.807) is 6.21 Å². The molecular formula is C12H14N4O2S. The van der Waals surface area contributed by atoms with Crippen molar-refractivity contribution in [3.05, 3.63) is 22.4 Å². The molecule has 0 radical (unpaired) electrons. The fraction of sp³-hybridized carbons (Fsp3) is 0.333. The molecular weight excluding hydrogens is 264 g/mol. The average Bonchev–Trinajstić information content (AvgIpc) is 2.87. The Labute approximate surface area is 114 Å². The average molecular weight is 278 g/mol. The summed E-state index contributed by atoms with van der Waals surface area (Å²) in [5, 5.41) is 11.0. The van der Waals surface area contributed by atoms with E-state index in [1.807, 2.05) is 24.4 Å². The lowest BCUT2D eigenvalue weighted by atomic mass is 10.2. The maximum Gasteiger partial charge on any atom is 0.261 e. The smallest absolute Gasteiger partial charge is 0.261 e. The quantitative estimate of drug-likeness (QED) is 0.663. The molecule has 0 fully saturated rings. The van der Waals surface area contributed by atoms with Gasteiger partial charge < -0.3 is 0 Å². The van der Waals surface area contributed by atoms with E-state index in [0.717, 1.165) is 10.6 Å². The van der Waals surface area contributed by atoms with Gasteiger partial charge in [-0.25, -0.2) is 10.4 Å². The fourth-order valence-electron chi connectivity index (χ4n) is 1.56. The van der Waals surface area contributed by atoms with Crippen LogP contribution < -0.4 is 5.43 Å². The first kappa shape index (κ1) is 13.4. The molecule has 6 nitrogen and oxygen atoms in total. The van der Waals surface area contributed by atoms with Gasteiger partial charge in [0.2, 0.25) is 5.91 Å². The zero-order valence-corrected chi connectivity index (χ0v) is 11.3. The minimum Gasteiger partial charge on any atom is -0.273 e. The number of rotatable bonds is 4. The number of nitrogens with one attached hydrogen (secondary N) is 1. The second-order valence-electron chi connectivity index (χ2n) is 4.10. The molecule has 0 aromatic carbocycles. The van der Waals surface area contributed by atoms with Crippen molar-refractivity contribution in [2.75, 3.05) is 6.54 Å². The van der Waals surface area contributed by atoms with Crippen LogP contribution in [-0.4, -0.2) is 35.3 Å². The number of hydrazone groups is 2. The molecule has 0 bridgehead atoms. The van der Waals surface area contributed by atoms with E-state index >= 15 is 0 Å². The van der Waals surface area contributed by atoms with E-state index in [9.17, 15) is 9.59 Å². The highest BCUT2D eigenvalue weighted by Crippen LogP contribution is 2.08. The van der Waals surface area contributed by atoms with Gasteiger partial charge in [0.05, 0.1) is 6.21 Å². The summed E-state index contributed by atoms with van der Waals surface area (Å²) in [7, 11) is 0. The zero-order chi connectivity index (χ0) is 13.7. The second kappa shape index (κ2) is 6.24. The van der Waals surface area contributed by atoms with Crippen LogP contribution in [0.5, 0.6) is 0 Å². The molecule has 1 aliphatic rings. The highest BCUT2D eigenvalue weighted by molar-refractivity contribution is 7.11. The number of carbonyl (C=O) groups excluding carboxylic acids is 2. The Bertz CT molecular complexity index is 522. The summed E-state index contributed by atoms with van der Waals surface area (Å²) in [6.45, 7) is 1.74. The van der Waals surface area contributed by atoms with Crippen molar-refractivity contribution in [2.45, 2.75) is 19.8 Å². The molecule has 100 valence electrons. The Kier molecular flexibility index (Phi) is 4.40. The first-order valence-corrected chi connectivity index (χ1v) is 6.73. The molecule has 0 spiro atoms. The molecule has 0 saturated carbocycles. The van der Waals surface area contributed by atoms with Gasteiger partial charge in [0.25, 0.3) is 5.91 Å². The number of nitrogens with zero attached hydrogens (tertiary/aromatic N) is 3. The summed E-state index contributed by atoms with van der Waals surface area (Å²) in [6, 6.07) is 3.79. The largest absolute Gasteiger partial charge is 0.273 e. The lowest BCUT2D eigenvalue weighted by Crippen LogP contribution is -2.38. The van der Waals surface area contributed by atoms with Crippen LogP contribution in [0.2, 0.25) is 0 Å². The van der Waals surface area contributed by atoms with Crippen LogP contribution in [0.1, 0.15) is 24.6 Å². The highest BCUT2D eigenvalue weighted by Gasteiger charge is 2.20. The molecule has 1 aliphatic heterocycles. The Morgan fingerprint density at radius 2 is 2.47 bits per heavy atom. The van der Waals surface area contributed by atoms with Crippen LogP contribution in [-0.2, 0) is 9.59 Å². The SMILES string of the molecule is CC1=NN(CC(=O)N/N=C/c2cccs2)C(=O)CC1. The first-order valence-electron chi connectivity index (χ1n) is 5.85. The summed E-state index contributed by atoms with van der Waals surface area (Å²) in [5.74, 6) is -0.498. The van der Waals surface area contributed by atoms with Crippen LogP contribution in [0.3, 0.4) is 0 Å². The molecule has 7 heteroatoms. The maximum absolute atomic E-state index is 11.6. The third-order valence-corrected chi connectivity index (χ3v) is 3.30. The van der Waals surface area contributed by atoms with Crippen molar-refractivity contribution in [1.82, 2.24) is 10.4 Å². The van der Waals surface area contributed by atoms with Gasteiger partial charge in [-0.3, -0.25) is 9.59 Å². The molecule has 2 heterocycles. The Hall–Kier alpha value is -2.02. The number of hydrogen-bond acceptors (Lipinski definition) is 5. The van der Waals surface area contributed by atoms with Crippen molar-refractivity contribution in [3.63, 3.8) is 0 Å². The van der Waals surface area contributed by atoms with E-state index in [-0.39, 0.29) is 18.4 Å². The number of carbonyl (C=O) groups is 2. The fourth-order valence-corrected chi connectivity index (χ4v) is 2.14. The summed E-state index contributed by atoms with van der Waals surface area (Å²) in [5.41, 5.74) is 3.23. The van der Waals surface area contributed by atoms with E-state index in [0.29, 0.717) is 12.8 Å². The predicted octanol–water partition coefficient (Wildman–Crippen LogP) is 1.20.